The Morgan fingerprint density at radius 1 is 1.05 bits per heavy atom. The van der Waals surface area contributed by atoms with Crippen molar-refractivity contribution in [2.24, 2.45) is 0 Å². The van der Waals surface area contributed by atoms with Gasteiger partial charge in [0.15, 0.2) is 11.5 Å². The zero-order valence-electron chi connectivity index (χ0n) is 11.2. The molecular formula is C16H13N3O2. The van der Waals surface area contributed by atoms with Gasteiger partial charge in [-0.1, -0.05) is 30.3 Å². The Morgan fingerprint density at radius 2 is 2.00 bits per heavy atom. The highest BCUT2D eigenvalue weighted by atomic mass is 16.7. The average molecular weight is 279 g/mol. The first-order valence-electron chi connectivity index (χ1n) is 6.73. The molecule has 0 atom stereocenters. The summed E-state index contributed by atoms with van der Waals surface area (Å²) >= 11 is 0. The van der Waals surface area contributed by atoms with Crippen molar-refractivity contribution in [3.05, 3.63) is 54.2 Å². The van der Waals surface area contributed by atoms with Gasteiger partial charge < -0.3 is 14.8 Å². The molecule has 1 aromatic heterocycles. The lowest BCUT2D eigenvalue weighted by molar-refractivity contribution is 0.173. The van der Waals surface area contributed by atoms with Crippen LogP contribution in [0.25, 0.3) is 10.9 Å². The van der Waals surface area contributed by atoms with E-state index in [1.54, 1.807) is 0 Å². The Hall–Kier alpha value is -2.82. The Morgan fingerprint density at radius 3 is 3.00 bits per heavy atom. The fourth-order valence-electron chi connectivity index (χ4n) is 2.36. The number of hydrogen-bond donors (Lipinski definition) is 1. The number of anilines is 1. The van der Waals surface area contributed by atoms with E-state index in [-0.39, 0.29) is 6.79 Å². The van der Waals surface area contributed by atoms with E-state index in [0.717, 1.165) is 28.0 Å². The number of benzene rings is 2. The number of aromatic nitrogens is 2. The lowest BCUT2D eigenvalue weighted by Gasteiger charge is -2.08. The van der Waals surface area contributed by atoms with Gasteiger partial charge in [0, 0.05) is 23.7 Å². The standard InChI is InChI=1S/C16H13N3O2/c1-2-6-13-11(4-1)8-17-16(19-13)18-9-12-5-3-7-14-15(12)21-10-20-14/h1-8H,9-10H2,(H,17,18,19). The van der Waals surface area contributed by atoms with Crippen LogP contribution in [0.2, 0.25) is 0 Å². The quantitative estimate of drug-likeness (QED) is 0.798. The highest BCUT2D eigenvalue weighted by Crippen LogP contribution is 2.35. The lowest BCUT2D eigenvalue weighted by Crippen LogP contribution is -2.04. The van der Waals surface area contributed by atoms with Crippen molar-refractivity contribution in [3.8, 4) is 11.5 Å². The third kappa shape index (κ3) is 2.23. The Balaban J connectivity index is 1.57. The molecule has 104 valence electrons. The van der Waals surface area contributed by atoms with Crippen molar-refractivity contribution in [1.29, 1.82) is 0 Å². The summed E-state index contributed by atoms with van der Waals surface area (Å²) < 4.78 is 10.9. The second-order valence-corrected chi connectivity index (χ2v) is 4.76. The second kappa shape index (κ2) is 4.94. The summed E-state index contributed by atoms with van der Waals surface area (Å²) in [5.41, 5.74) is 1.95. The zero-order valence-corrected chi connectivity index (χ0v) is 11.2. The van der Waals surface area contributed by atoms with Gasteiger partial charge in [-0.2, -0.15) is 0 Å². The maximum Gasteiger partial charge on any atom is 0.231 e. The average Bonchev–Trinajstić information content (AvgIpc) is 3.02. The molecule has 2 heterocycles. The summed E-state index contributed by atoms with van der Waals surface area (Å²) in [6.07, 6.45) is 1.82. The van der Waals surface area contributed by atoms with Gasteiger partial charge in [-0.3, -0.25) is 0 Å². The van der Waals surface area contributed by atoms with Crippen LogP contribution in [0.3, 0.4) is 0 Å². The van der Waals surface area contributed by atoms with Gasteiger partial charge in [0.2, 0.25) is 12.7 Å². The van der Waals surface area contributed by atoms with E-state index in [9.17, 15) is 0 Å². The number of ether oxygens (including phenoxy) is 2. The summed E-state index contributed by atoms with van der Waals surface area (Å²) in [6.45, 7) is 0.865. The number of fused-ring (bicyclic) bond motifs is 2. The highest BCUT2D eigenvalue weighted by Gasteiger charge is 2.16. The first kappa shape index (κ1) is 12.0. The van der Waals surface area contributed by atoms with Gasteiger partial charge in [0.05, 0.1) is 5.52 Å². The largest absolute Gasteiger partial charge is 0.454 e. The molecule has 0 spiro atoms. The van der Waals surface area contributed by atoms with Gasteiger partial charge >= 0.3 is 0 Å². The minimum atomic E-state index is 0.277. The van der Waals surface area contributed by atoms with Crippen LogP contribution < -0.4 is 14.8 Å². The zero-order chi connectivity index (χ0) is 14.1. The molecule has 0 saturated carbocycles. The maximum absolute atomic E-state index is 5.49. The Kier molecular flexibility index (Phi) is 2.81. The van der Waals surface area contributed by atoms with Gasteiger partial charge in [-0.05, 0) is 12.1 Å². The van der Waals surface area contributed by atoms with Gasteiger partial charge in [-0.25, -0.2) is 9.97 Å². The van der Waals surface area contributed by atoms with E-state index in [2.05, 4.69) is 15.3 Å². The predicted molar refractivity (Wildman–Crippen MR) is 79.4 cm³/mol. The third-order valence-electron chi connectivity index (χ3n) is 3.40. The molecule has 5 nitrogen and oxygen atoms in total. The molecule has 1 N–H and O–H groups in total. The van der Waals surface area contributed by atoms with E-state index in [4.69, 9.17) is 9.47 Å². The Bertz CT molecular complexity index is 804. The van der Waals surface area contributed by atoms with E-state index >= 15 is 0 Å². The number of rotatable bonds is 3. The van der Waals surface area contributed by atoms with Gasteiger partial charge in [0.25, 0.3) is 0 Å². The molecule has 0 amide bonds. The fraction of sp³-hybridized carbons (Fsp3) is 0.125. The SMILES string of the molecule is c1cc(CNc2ncc3ccccc3n2)c2c(c1)OCO2. The summed E-state index contributed by atoms with van der Waals surface area (Å²) in [6, 6.07) is 13.8. The van der Waals surface area contributed by atoms with Crippen LogP contribution in [0.15, 0.2) is 48.7 Å². The van der Waals surface area contributed by atoms with Crippen LogP contribution in [-0.2, 0) is 6.54 Å². The summed E-state index contributed by atoms with van der Waals surface area (Å²) in [5, 5.41) is 4.25. The molecule has 21 heavy (non-hydrogen) atoms. The van der Waals surface area contributed by atoms with E-state index in [0.29, 0.717) is 12.5 Å². The normalized spacial score (nSPS) is 12.6. The van der Waals surface area contributed by atoms with Crippen molar-refractivity contribution in [1.82, 2.24) is 9.97 Å². The molecule has 0 bridgehead atoms. The molecule has 0 saturated heterocycles. The molecule has 4 rings (SSSR count). The van der Waals surface area contributed by atoms with Crippen molar-refractivity contribution in [3.63, 3.8) is 0 Å². The van der Waals surface area contributed by atoms with Crippen LogP contribution in [0, 0.1) is 0 Å². The number of nitrogens with one attached hydrogen (secondary N) is 1. The smallest absolute Gasteiger partial charge is 0.231 e. The molecule has 0 fully saturated rings. The molecular weight excluding hydrogens is 266 g/mol. The molecule has 1 aliphatic heterocycles. The van der Waals surface area contributed by atoms with Crippen LogP contribution in [0.4, 0.5) is 5.95 Å². The first-order valence-corrected chi connectivity index (χ1v) is 6.73. The third-order valence-corrected chi connectivity index (χ3v) is 3.40. The van der Waals surface area contributed by atoms with Gasteiger partial charge in [-0.15, -0.1) is 0 Å². The second-order valence-electron chi connectivity index (χ2n) is 4.76. The Labute approximate surface area is 121 Å². The molecule has 2 aromatic carbocycles. The molecule has 0 unspecified atom stereocenters. The highest BCUT2D eigenvalue weighted by molar-refractivity contribution is 5.78. The molecule has 1 aliphatic rings. The molecule has 0 radical (unpaired) electrons. The summed E-state index contributed by atoms with van der Waals surface area (Å²) in [5.74, 6) is 2.18. The van der Waals surface area contributed by atoms with Crippen molar-refractivity contribution in [2.45, 2.75) is 6.54 Å². The fourth-order valence-corrected chi connectivity index (χ4v) is 2.36. The molecule has 5 heteroatoms. The van der Waals surface area contributed by atoms with Crippen LogP contribution in [-0.4, -0.2) is 16.8 Å². The van der Waals surface area contributed by atoms with Crippen LogP contribution >= 0.6 is 0 Å². The van der Waals surface area contributed by atoms with Crippen LogP contribution in [0.1, 0.15) is 5.56 Å². The maximum atomic E-state index is 5.49. The molecule has 3 aromatic rings. The monoisotopic (exact) mass is 279 g/mol. The lowest BCUT2D eigenvalue weighted by atomic mass is 10.2. The van der Waals surface area contributed by atoms with E-state index in [1.807, 2.05) is 48.7 Å². The topological polar surface area (TPSA) is 56.3 Å². The van der Waals surface area contributed by atoms with Crippen LogP contribution in [0.5, 0.6) is 11.5 Å². The summed E-state index contributed by atoms with van der Waals surface area (Å²) in [4.78, 5) is 8.81. The summed E-state index contributed by atoms with van der Waals surface area (Å²) in [7, 11) is 0. The number of para-hydroxylation sites is 2. The number of hydrogen-bond acceptors (Lipinski definition) is 5. The van der Waals surface area contributed by atoms with Crippen molar-refractivity contribution in [2.75, 3.05) is 12.1 Å². The van der Waals surface area contributed by atoms with E-state index in [1.165, 1.54) is 0 Å². The van der Waals surface area contributed by atoms with Crippen molar-refractivity contribution >= 4 is 16.9 Å². The van der Waals surface area contributed by atoms with E-state index < -0.39 is 0 Å². The minimum Gasteiger partial charge on any atom is -0.454 e. The first-order chi connectivity index (χ1) is 10.4. The minimum absolute atomic E-state index is 0.277. The van der Waals surface area contributed by atoms with Crippen molar-refractivity contribution < 1.29 is 9.47 Å². The molecule has 0 aliphatic carbocycles. The number of nitrogens with zero attached hydrogens (tertiary/aromatic N) is 2. The van der Waals surface area contributed by atoms with Gasteiger partial charge in [0.1, 0.15) is 0 Å². The predicted octanol–water partition coefficient (Wildman–Crippen LogP) is 2.97.